The number of aromatic amines is 1. The van der Waals surface area contributed by atoms with Gasteiger partial charge in [-0.2, -0.15) is 13.2 Å². The molecule has 1 N–H and O–H groups in total. The summed E-state index contributed by atoms with van der Waals surface area (Å²) in [6, 6.07) is 5.93. The van der Waals surface area contributed by atoms with Gasteiger partial charge >= 0.3 is 6.18 Å². The number of benzene rings is 1. The molecule has 0 atom stereocenters. The van der Waals surface area contributed by atoms with Crippen LogP contribution >= 0.6 is 0 Å². The number of alkyl halides is 3. The minimum Gasteiger partial charge on any atom is -0.369 e. The van der Waals surface area contributed by atoms with Gasteiger partial charge in [-0.25, -0.2) is 0 Å². The number of anilines is 1. The molecule has 0 saturated heterocycles. The average Bonchev–Trinajstić information content (AvgIpc) is 3.00. The lowest BCUT2D eigenvalue weighted by Gasteiger charge is -2.30. The Bertz CT molecular complexity index is 761. The highest BCUT2D eigenvalue weighted by Gasteiger charge is 2.33. The highest BCUT2D eigenvalue weighted by atomic mass is 19.4. The van der Waals surface area contributed by atoms with Gasteiger partial charge in [-0.3, -0.25) is 4.79 Å². The van der Waals surface area contributed by atoms with Gasteiger partial charge in [-0.05, 0) is 38.0 Å². The van der Waals surface area contributed by atoms with Crippen molar-refractivity contribution in [3.05, 3.63) is 40.2 Å². The molecule has 0 amide bonds. The first-order valence-electron chi connectivity index (χ1n) is 7.91. The lowest BCUT2D eigenvalue weighted by Crippen LogP contribution is -2.32. The zero-order chi connectivity index (χ0) is 16.6. The number of rotatable bonds is 3. The molecule has 3 rings (SSSR count). The van der Waals surface area contributed by atoms with Crippen molar-refractivity contribution in [1.29, 1.82) is 0 Å². The summed E-state index contributed by atoms with van der Waals surface area (Å²) in [4.78, 5) is 16.1. The molecule has 1 fully saturated rings. The third kappa shape index (κ3) is 3.07. The van der Waals surface area contributed by atoms with Gasteiger partial charge in [0.15, 0.2) is 0 Å². The molecule has 2 aromatic rings. The summed E-state index contributed by atoms with van der Waals surface area (Å²) < 4.78 is 39.7. The van der Waals surface area contributed by atoms with Gasteiger partial charge in [-0.15, -0.1) is 0 Å². The van der Waals surface area contributed by atoms with Crippen LogP contribution in [0.25, 0.3) is 10.9 Å². The number of nitrogens with one attached hydrogen (secondary N) is 1. The molecular formula is C17H19F3N2O. The normalized spacial score (nSPS) is 16.2. The standard InChI is InChI=1S/C17H19F3N2O/c1-2-22(11-5-3-4-6-11)12-7-8-15-13(9-12)14(17(18,19)20)10-16(23)21-15/h7-11H,2-6H2,1H3,(H,21,23). The van der Waals surface area contributed by atoms with Crippen molar-refractivity contribution in [2.75, 3.05) is 11.4 Å². The van der Waals surface area contributed by atoms with Crippen molar-refractivity contribution in [2.45, 2.75) is 44.8 Å². The third-order valence-electron chi connectivity index (χ3n) is 4.57. The number of hydrogen-bond donors (Lipinski definition) is 1. The fraction of sp³-hybridized carbons (Fsp3) is 0.471. The topological polar surface area (TPSA) is 36.1 Å². The van der Waals surface area contributed by atoms with Gasteiger partial charge in [0.05, 0.1) is 5.56 Å². The van der Waals surface area contributed by atoms with Crippen molar-refractivity contribution in [1.82, 2.24) is 4.98 Å². The average molecular weight is 324 g/mol. The Morgan fingerprint density at radius 2 is 1.91 bits per heavy atom. The Kier molecular flexibility index (Phi) is 4.08. The zero-order valence-electron chi connectivity index (χ0n) is 12.9. The summed E-state index contributed by atoms with van der Waals surface area (Å²) in [7, 11) is 0. The molecule has 1 heterocycles. The smallest absolute Gasteiger partial charge is 0.369 e. The highest BCUT2D eigenvalue weighted by Crippen LogP contribution is 2.36. The molecule has 1 aromatic carbocycles. The number of H-pyrrole nitrogens is 1. The van der Waals surface area contributed by atoms with E-state index in [4.69, 9.17) is 0 Å². The Labute approximate surface area is 132 Å². The molecule has 23 heavy (non-hydrogen) atoms. The molecule has 124 valence electrons. The van der Waals surface area contributed by atoms with Gasteiger partial charge < -0.3 is 9.88 Å². The van der Waals surface area contributed by atoms with Gasteiger partial charge in [-0.1, -0.05) is 12.8 Å². The van der Waals surface area contributed by atoms with Crippen LogP contribution in [0.3, 0.4) is 0 Å². The Hall–Kier alpha value is -1.98. The zero-order valence-corrected chi connectivity index (χ0v) is 12.9. The molecule has 0 unspecified atom stereocenters. The van der Waals surface area contributed by atoms with Gasteiger partial charge in [0, 0.05) is 35.2 Å². The molecular weight excluding hydrogens is 305 g/mol. The molecule has 1 aliphatic carbocycles. The summed E-state index contributed by atoms with van der Waals surface area (Å²) in [5.41, 5.74) is -0.609. The van der Waals surface area contributed by atoms with Crippen LogP contribution in [-0.4, -0.2) is 17.6 Å². The molecule has 0 radical (unpaired) electrons. The Morgan fingerprint density at radius 1 is 1.22 bits per heavy atom. The highest BCUT2D eigenvalue weighted by molar-refractivity contribution is 5.86. The van der Waals surface area contributed by atoms with E-state index in [2.05, 4.69) is 9.88 Å². The van der Waals surface area contributed by atoms with Crippen LogP contribution in [0.4, 0.5) is 18.9 Å². The lowest BCUT2D eigenvalue weighted by molar-refractivity contribution is -0.136. The minimum atomic E-state index is -4.55. The molecule has 0 aliphatic heterocycles. The predicted molar refractivity (Wildman–Crippen MR) is 84.8 cm³/mol. The summed E-state index contributed by atoms with van der Waals surface area (Å²) in [6.07, 6.45) is -0.0749. The maximum absolute atomic E-state index is 13.2. The predicted octanol–water partition coefficient (Wildman–Crippen LogP) is 4.32. The number of nitrogens with zero attached hydrogens (tertiary/aromatic N) is 1. The van der Waals surface area contributed by atoms with Gasteiger partial charge in [0.2, 0.25) is 5.56 Å². The van der Waals surface area contributed by atoms with Crippen LogP contribution < -0.4 is 10.5 Å². The van der Waals surface area contributed by atoms with E-state index in [9.17, 15) is 18.0 Å². The third-order valence-corrected chi connectivity index (χ3v) is 4.57. The quantitative estimate of drug-likeness (QED) is 0.913. The van der Waals surface area contributed by atoms with Gasteiger partial charge in [0.1, 0.15) is 0 Å². The van der Waals surface area contributed by atoms with Crippen LogP contribution in [0.2, 0.25) is 0 Å². The fourth-order valence-corrected chi connectivity index (χ4v) is 3.52. The van der Waals surface area contributed by atoms with E-state index in [1.807, 2.05) is 6.92 Å². The summed E-state index contributed by atoms with van der Waals surface area (Å²) in [5, 5.41) is 0.0473. The van der Waals surface area contributed by atoms with E-state index >= 15 is 0 Å². The number of halogens is 3. The second-order valence-corrected chi connectivity index (χ2v) is 6.00. The van der Waals surface area contributed by atoms with E-state index in [1.165, 1.54) is 0 Å². The SMILES string of the molecule is CCN(c1ccc2[nH]c(=O)cc(C(F)(F)F)c2c1)C1CCCC1. The van der Waals surface area contributed by atoms with E-state index in [-0.39, 0.29) is 10.9 Å². The molecule has 0 bridgehead atoms. The van der Waals surface area contributed by atoms with Crippen LogP contribution in [-0.2, 0) is 6.18 Å². The van der Waals surface area contributed by atoms with Crippen molar-refractivity contribution in [2.24, 2.45) is 0 Å². The number of hydrogen-bond acceptors (Lipinski definition) is 2. The summed E-state index contributed by atoms with van der Waals surface area (Å²) >= 11 is 0. The number of pyridine rings is 1. The lowest BCUT2D eigenvalue weighted by atomic mass is 10.1. The van der Waals surface area contributed by atoms with E-state index in [0.717, 1.165) is 37.9 Å². The van der Waals surface area contributed by atoms with Crippen LogP contribution in [0.1, 0.15) is 38.2 Å². The van der Waals surface area contributed by atoms with Gasteiger partial charge in [0.25, 0.3) is 0 Å². The van der Waals surface area contributed by atoms with Crippen molar-refractivity contribution in [3.8, 4) is 0 Å². The van der Waals surface area contributed by atoms with Crippen molar-refractivity contribution < 1.29 is 13.2 Å². The van der Waals surface area contributed by atoms with Crippen molar-refractivity contribution >= 4 is 16.6 Å². The van der Waals surface area contributed by atoms with Crippen LogP contribution in [0.5, 0.6) is 0 Å². The first-order valence-corrected chi connectivity index (χ1v) is 7.91. The molecule has 6 heteroatoms. The number of aromatic nitrogens is 1. The molecule has 3 nitrogen and oxygen atoms in total. The maximum Gasteiger partial charge on any atom is 0.417 e. The molecule has 1 aromatic heterocycles. The summed E-state index contributed by atoms with van der Waals surface area (Å²) in [6.45, 7) is 2.76. The molecule has 1 aliphatic rings. The Morgan fingerprint density at radius 3 is 2.52 bits per heavy atom. The van der Waals surface area contributed by atoms with E-state index in [1.54, 1.807) is 18.2 Å². The summed E-state index contributed by atoms with van der Waals surface area (Å²) in [5.74, 6) is 0. The van der Waals surface area contributed by atoms with Crippen LogP contribution in [0.15, 0.2) is 29.1 Å². The van der Waals surface area contributed by atoms with Crippen molar-refractivity contribution in [3.63, 3.8) is 0 Å². The largest absolute Gasteiger partial charge is 0.417 e. The molecule has 1 saturated carbocycles. The van der Waals surface area contributed by atoms with E-state index in [0.29, 0.717) is 12.1 Å². The Balaban J connectivity index is 2.13. The van der Waals surface area contributed by atoms with E-state index < -0.39 is 17.3 Å². The minimum absolute atomic E-state index is 0.0473. The first kappa shape index (κ1) is 15.9. The maximum atomic E-state index is 13.2. The first-order chi connectivity index (χ1) is 10.9. The molecule has 0 spiro atoms. The monoisotopic (exact) mass is 324 g/mol. The second kappa shape index (κ2) is 5.91. The number of fused-ring (bicyclic) bond motifs is 1. The fourth-order valence-electron chi connectivity index (χ4n) is 3.52. The van der Waals surface area contributed by atoms with Crippen LogP contribution in [0, 0.1) is 0 Å². The second-order valence-electron chi connectivity index (χ2n) is 6.00.